The molecule has 0 heterocycles. The zero-order chi connectivity index (χ0) is 20.7. The lowest BCUT2D eigenvalue weighted by Gasteiger charge is -2.11. The van der Waals surface area contributed by atoms with Gasteiger partial charge in [0.25, 0.3) is 0 Å². The molecule has 1 aromatic rings. The Morgan fingerprint density at radius 3 is 2.35 bits per heavy atom. The van der Waals surface area contributed by atoms with Crippen LogP contribution in [-0.2, 0) is 9.53 Å². The molecule has 0 fully saturated rings. The standard InChI is InChI=1S/C17H22O6/c1-12(6-4-10-15(18)19)7-5-11-23-17(22)14-9-3-2-8-13(14)16(20)21/h2-3,8-9,12H,4-7,10-11H2,1H3,(H,18,19)(H,20,21)/i2D,3D,8D,9D. The number of aromatic carboxylic acids is 1. The smallest absolute Gasteiger partial charge is 0.339 e. The summed E-state index contributed by atoms with van der Waals surface area (Å²) in [5, 5.41) is 17.8. The van der Waals surface area contributed by atoms with Crippen LogP contribution in [0.3, 0.4) is 0 Å². The summed E-state index contributed by atoms with van der Waals surface area (Å²) in [5.74, 6) is -3.37. The number of ether oxygens (including phenoxy) is 1. The van der Waals surface area contributed by atoms with Crippen LogP contribution in [0.4, 0.5) is 0 Å². The van der Waals surface area contributed by atoms with Crippen molar-refractivity contribution in [3.8, 4) is 0 Å². The number of carbonyl (C=O) groups excluding carboxylic acids is 1. The van der Waals surface area contributed by atoms with Gasteiger partial charge in [0.2, 0.25) is 0 Å². The van der Waals surface area contributed by atoms with E-state index in [4.69, 9.17) is 15.3 Å². The summed E-state index contributed by atoms with van der Waals surface area (Å²) in [5.41, 5.74) is -1.50. The molecule has 0 aliphatic heterocycles. The van der Waals surface area contributed by atoms with E-state index in [1.54, 1.807) is 0 Å². The molecule has 0 aromatic heterocycles. The average Bonchev–Trinajstić information content (AvgIpc) is 2.58. The Balaban J connectivity index is 2.71. The minimum absolute atomic E-state index is 0.0378. The fourth-order valence-electron chi connectivity index (χ4n) is 2.04. The number of carboxylic acids is 2. The average molecular weight is 326 g/mol. The van der Waals surface area contributed by atoms with Crippen molar-refractivity contribution in [3.05, 3.63) is 35.3 Å². The highest BCUT2D eigenvalue weighted by atomic mass is 16.5. The normalized spacial score (nSPS) is 14.1. The maximum absolute atomic E-state index is 12.2. The third-order valence-corrected chi connectivity index (χ3v) is 3.27. The van der Waals surface area contributed by atoms with Crippen LogP contribution in [0, 0.1) is 5.92 Å². The molecule has 0 amide bonds. The molecule has 0 bridgehead atoms. The quantitative estimate of drug-likeness (QED) is 0.506. The summed E-state index contributed by atoms with van der Waals surface area (Å²) in [4.78, 5) is 34.0. The van der Waals surface area contributed by atoms with E-state index >= 15 is 0 Å². The molecule has 0 radical (unpaired) electrons. The molecule has 1 rings (SSSR count). The van der Waals surface area contributed by atoms with E-state index in [0.29, 0.717) is 19.3 Å². The second kappa shape index (κ2) is 9.61. The molecule has 0 aliphatic rings. The van der Waals surface area contributed by atoms with E-state index in [0.717, 1.165) is 6.42 Å². The van der Waals surface area contributed by atoms with Crippen molar-refractivity contribution < 1.29 is 34.8 Å². The van der Waals surface area contributed by atoms with Crippen molar-refractivity contribution in [3.63, 3.8) is 0 Å². The number of hydrogen-bond donors (Lipinski definition) is 2. The third-order valence-electron chi connectivity index (χ3n) is 3.27. The molecular formula is C17H22O6. The Labute approximate surface area is 140 Å². The lowest BCUT2D eigenvalue weighted by atomic mass is 9.99. The van der Waals surface area contributed by atoms with Crippen LogP contribution >= 0.6 is 0 Å². The van der Waals surface area contributed by atoms with Gasteiger partial charge in [0.1, 0.15) is 0 Å². The Hall–Kier alpha value is -2.37. The Morgan fingerprint density at radius 2 is 1.74 bits per heavy atom. The number of hydrogen-bond acceptors (Lipinski definition) is 4. The maximum atomic E-state index is 12.2. The summed E-state index contributed by atoms with van der Waals surface area (Å²) in [6.45, 7) is 1.91. The Morgan fingerprint density at radius 1 is 1.13 bits per heavy atom. The number of carbonyl (C=O) groups is 3. The van der Waals surface area contributed by atoms with E-state index in [-0.39, 0.29) is 18.9 Å². The van der Waals surface area contributed by atoms with E-state index in [1.807, 2.05) is 6.92 Å². The second-order valence-corrected chi connectivity index (χ2v) is 5.22. The van der Waals surface area contributed by atoms with Crippen LogP contribution in [0.1, 0.15) is 65.2 Å². The first-order valence-corrected chi connectivity index (χ1v) is 7.30. The molecule has 0 aliphatic carbocycles. The molecule has 0 spiro atoms. The minimum Gasteiger partial charge on any atom is -0.481 e. The summed E-state index contributed by atoms with van der Waals surface area (Å²) < 4.78 is 35.5. The summed E-state index contributed by atoms with van der Waals surface area (Å²) in [6.07, 6.45) is 2.51. The van der Waals surface area contributed by atoms with Crippen molar-refractivity contribution in [1.29, 1.82) is 0 Å². The number of rotatable bonds is 10. The zero-order valence-corrected chi connectivity index (χ0v) is 12.8. The van der Waals surface area contributed by atoms with Crippen LogP contribution in [0.2, 0.25) is 0 Å². The van der Waals surface area contributed by atoms with Gasteiger partial charge in [0, 0.05) is 6.42 Å². The van der Waals surface area contributed by atoms with Gasteiger partial charge in [0.05, 0.1) is 23.2 Å². The van der Waals surface area contributed by atoms with Gasteiger partial charge in [-0.2, -0.15) is 0 Å². The van der Waals surface area contributed by atoms with Gasteiger partial charge in [-0.05, 0) is 37.3 Å². The first-order chi connectivity index (χ1) is 12.6. The third kappa shape index (κ3) is 6.95. The number of carboxylic acid groups (broad SMARTS) is 2. The fraction of sp³-hybridized carbons (Fsp3) is 0.471. The first-order valence-electron chi connectivity index (χ1n) is 9.30. The lowest BCUT2D eigenvalue weighted by Crippen LogP contribution is -2.12. The van der Waals surface area contributed by atoms with Crippen molar-refractivity contribution in [1.82, 2.24) is 0 Å². The number of esters is 1. The SMILES string of the molecule is [2H]c1c([2H])c([2H])c(C(=O)OCCCC(C)CCCC(=O)O)c(C(=O)O)c1[2H]. The molecule has 0 saturated carbocycles. The van der Waals surface area contributed by atoms with Gasteiger partial charge in [-0.25, -0.2) is 9.59 Å². The number of benzene rings is 1. The van der Waals surface area contributed by atoms with Gasteiger partial charge >= 0.3 is 17.9 Å². The molecule has 1 aromatic carbocycles. The molecule has 6 nitrogen and oxygen atoms in total. The van der Waals surface area contributed by atoms with Gasteiger partial charge in [-0.3, -0.25) is 4.79 Å². The second-order valence-electron chi connectivity index (χ2n) is 5.22. The van der Waals surface area contributed by atoms with Crippen LogP contribution in [0.5, 0.6) is 0 Å². The van der Waals surface area contributed by atoms with Crippen LogP contribution < -0.4 is 0 Å². The largest absolute Gasteiger partial charge is 0.481 e. The van der Waals surface area contributed by atoms with Crippen LogP contribution in [0.25, 0.3) is 0 Å². The van der Waals surface area contributed by atoms with E-state index in [9.17, 15) is 19.5 Å². The van der Waals surface area contributed by atoms with Crippen molar-refractivity contribution >= 4 is 17.9 Å². The highest BCUT2D eigenvalue weighted by molar-refractivity contribution is 6.02. The molecule has 23 heavy (non-hydrogen) atoms. The minimum atomic E-state index is -1.64. The summed E-state index contributed by atoms with van der Waals surface area (Å²) >= 11 is 0. The molecule has 1 unspecified atom stereocenters. The van der Waals surface area contributed by atoms with Crippen LogP contribution in [0.15, 0.2) is 24.2 Å². The molecule has 1 atom stereocenters. The molecule has 6 heteroatoms. The molecule has 126 valence electrons. The highest BCUT2D eigenvalue weighted by Crippen LogP contribution is 2.15. The lowest BCUT2D eigenvalue weighted by molar-refractivity contribution is -0.137. The number of aliphatic carboxylic acids is 1. The maximum Gasteiger partial charge on any atom is 0.339 e. The highest BCUT2D eigenvalue weighted by Gasteiger charge is 2.16. The van der Waals surface area contributed by atoms with E-state index < -0.39 is 53.2 Å². The van der Waals surface area contributed by atoms with E-state index in [2.05, 4.69) is 0 Å². The molecular weight excluding hydrogens is 300 g/mol. The van der Waals surface area contributed by atoms with Crippen LogP contribution in [-0.4, -0.2) is 34.7 Å². The van der Waals surface area contributed by atoms with Gasteiger partial charge in [-0.15, -0.1) is 0 Å². The molecule has 0 saturated heterocycles. The van der Waals surface area contributed by atoms with Crippen molar-refractivity contribution in [2.45, 2.75) is 39.0 Å². The predicted octanol–water partition coefficient (Wildman–Crippen LogP) is 3.21. The molecule has 2 N–H and O–H groups in total. The summed E-state index contributed by atoms with van der Waals surface area (Å²) in [6, 6.07) is -2.99. The Bertz CT molecular complexity index is 735. The summed E-state index contributed by atoms with van der Waals surface area (Å²) in [7, 11) is 0. The zero-order valence-electron chi connectivity index (χ0n) is 16.8. The predicted molar refractivity (Wildman–Crippen MR) is 83.6 cm³/mol. The Kier molecular flexibility index (Phi) is 5.47. The van der Waals surface area contributed by atoms with E-state index in [1.165, 1.54) is 0 Å². The van der Waals surface area contributed by atoms with Gasteiger partial charge < -0.3 is 14.9 Å². The van der Waals surface area contributed by atoms with Crippen molar-refractivity contribution in [2.75, 3.05) is 6.61 Å². The van der Waals surface area contributed by atoms with Gasteiger partial charge in [-0.1, -0.05) is 25.4 Å². The monoisotopic (exact) mass is 326 g/mol. The topological polar surface area (TPSA) is 101 Å². The fourth-order valence-corrected chi connectivity index (χ4v) is 2.04. The van der Waals surface area contributed by atoms with Gasteiger partial charge in [0.15, 0.2) is 0 Å². The first kappa shape index (κ1) is 13.1. The van der Waals surface area contributed by atoms with Crippen molar-refractivity contribution in [2.24, 2.45) is 5.92 Å².